The molecule has 0 aliphatic heterocycles. The van der Waals surface area contributed by atoms with E-state index in [1.54, 1.807) is 19.1 Å². The zero-order valence-corrected chi connectivity index (χ0v) is 36.1. The van der Waals surface area contributed by atoms with Crippen LogP contribution in [-0.2, 0) is 16.1 Å². The maximum atomic E-state index is 12.9. The first kappa shape index (κ1) is 44.2. The van der Waals surface area contributed by atoms with E-state index in [2.05, 4.69) is 11.4 Å². The number of aliphatic hydroxyl groups excluding tert-OH is 3. The van der Waals surface area contributed by atoms with Crippen molar-refractivity contribution < 1.29 is 39.1 Å². The van der Waals surface area contributed by atoms with E-state index in [0.717, 1.165) is 30.0 Å². The molecule has 9 nitrogen and oxygen atoms in total. The first-order valence-corrected chi connectivity index (χ1v) is 23.8. The lowest BCUT2D eigenvalue weighted by molar-refractivity contribution is -0.208. The van der Waals surface area contributed by atoms with E-state index in [1.807, 2.05) is 30.3 Å². The standard InChI is InChI=1S/C50H75NO8/c1-38(54)44(35-52)59-45(36-53)58-43-25-24-39(37-56-46(55)57-41-22-10-3-11-23-41)34-42(43)51-50(32-18-7-19-33-50)49(30-16-6-17-31-49)48(28-14-5-15-29-48)47(26-12-4-13-27-47)40-20-8-2-9-21-40/h3,10-11,22-25,34,38,40,44-45,51-54H,2,4-9,12-21,26-33,35-37H2,1H3/t38-,44?,45?/m1/s1. The first-order chi connectivity index (χ1) is 28.8. The van der Waals surface area contributed by atoms with Crippen molar-refractivity contribution in [3.05, 3.63) is 54.1 Å². The van der Waals surface area contributed by atoms with Crippen molar-refractivity contribution in [2.24, 2.45) is 22.2 Å². The molecule has 5 saturated carbocycles. The van der Waals surface area contributed by atoms with Gasteiger partial charge in [-0.25, -0.2) is 4.79 Å². The lowest BCUT2D eigenvalue weighted by atomic mass is 9.33. The van der Waals surface area contributed by atoms with E-state index >= 15 is 0 Å². The summed E-state index contributed by atoms with van der Waals surface area (Å²) in [6.45, 7) is 0.710. The van der Waals surface area contributed by atoms with E-state index in [4.69, 9.17) is 18.9 Å². The van der Waals surface area contributed by atoms with Gasteiger partial charge in [-0.05, 0) is 123 Å². The highest BCUT2D eigenvalue weighted by molar-refractivity contribution is 5.64. The van der Waals surface area contributed by atoms with Crippen LogP contribution in [0.1, 0.15) is 173 Å². The highest BCUT2D eigenvalue weighted by atomic mass is 16.7. The van der Waals surface area contributed by atoms with Gasteiger partial charge in [0.05, 0.1) is 18.4 Å². The van der Waals surface area contributed by atoms with Gasteiger partial charge < -0.3 is 39.6 Å². The second-order valence-corrected chi connectivity index (χ2v) is 19.2. The fraction of sp³-hybridized carbons (Fsp3) is 0.740. The molecular weight excluding hydrogens is 743 g/mol. The van der Waals surface area contributed by atoms with Crippen LogP contribution in [0.15, 0.2) is 48.5 Å². The number of carbonyl (C=O) groups excluding carboxylic acids is 1. The second kappa shape index (κ2) is 20.3. The Morgan fingerprint density at radius 3 is 1.88 bits per heavy atom. The molecule has 328 valence electrons. The molecule has 7 rings (SSSR count). The number of hydrogen-bond acceptors (Lipinski definition) is 9. The number of aliphatic hydroxyl groups is 3. The number of carbonyl (C=O) groups is 1. The van der Waals surface area contributed by atoms with Crippen LogP contribution in [0.3, 0.4) is 0 Å². The van der Waals surface area contributed by atoms with Crippen molar-refractivity contribution >= 4 is 11.8 Å². The van der Waals surface area contributed by atoms with Gasteiger partial charge >= 0.3 is 6.16 Å². The predicted molar refractivity (Wildman–Crippen MR) is 231 cm³/mol. The number of rotatable bonds is 16. The molecule has 3 atom stereocenters. The summed E-state index contributed by atoms with van der Waals surface area (Å²) in [6, 6.07) is 14.8. The Morgan fingerprint density at radius 2 is 1.29 bits per heavy atom. The summed E-state index contributed by atoms with van der Waals surface area (Å²) in [4.78, 5) is 12.9. The molecule has 5 aliphatic rings. The second-order valence-electron chi connectivity index (χ2n) is 19.2. The highest BCUT2D eigenvalue weighted by Gasteiger charge is 2.69. The van der Waals surface area contributed by atoms with E-state index in [1.165, 1.54) is 148 Å². The molecule has 59 heavy (non-hydrogen) atoms. The third-order valence-electron chi connectivity index (χ3n) is 16.2. The number of para-hydroxylation sites is 1. The topological polar surface area (TPSA) is 127 Å². The lowest BCUT2D eigenvalue weighted by Gasteiger charge is -2.72. The Kier molecular flexibility index (Phi) is 15.2. The maximum absolute atomic E-state index is 12.9. The summed E-state index contributed by atoms with van der Waals surface area (Å²) in [5.74, 6) is 1.77. The van der Waals surface area contributed by atoms with Gasteiger partial charge in [0.15, 0.2) is 0 Å². The quantitative estimate of drug-likeness (QED) is 0.0744. The average molecular weight is 818 g/mol. The van der Waals surface area contributed by atoms with Crippen LogP contribution in [0.25, 0.3) is 0 Å². The number of ether oxygens (including phenoxy) is 4. The summed E-state index contributed by atoms with van der Waals surface area (Å²) in [6.07, 6.45) is 28.9. The van der Waals surface area contributed by atoms with Crippen LogP contribution in [0, 0.1) is 22.2 Å². The minimum absolute atomic E-state index is 0.0159. The van der Waals surface area contributed by atoms with Gasteiger partial charge in [0.2, 0.25) is 6.29 Å². The molecule has 4 N–H and O–H groups in total. The molecule has 0 spiro atoms. The van der Waals surface area contributed by atoms with E-state index in [9.17, 15) is 20.1 Å². The van der Waals surface area contributed by atoms with Gasteiger partial charge in [-0.2, -0.15) is 0 Å². The van der Waals surface area contributed by atoms with E-state index < -0.39 is 37.9 Å². The SMILES string of the molecule is C[C@@H](O)C(CO)OC(CO)Oc1ccc(COC(=O)Oc2ccccc2)cc1NC1(C2(C3(C4(C5CCCCC5)CCCCC4)CCCCC3)CCCCC2)CCCCC1. The molecule has 0 saturated heterocycles. The fourth-order valence-corrected chi connectivity index (χ4v) is 13.8. The number of nitrogens with one attached hydrogen (secondary N) is 1. The van der Waals surface area contributed by atoms with Crippen molar-refractivity contribution in [1.29, 1.82) is 0 Å². The molecule has 0 bridgehead atoms. The molecule has 2 aromatic carbocycles. The Labute approximate surface area is 354 Å². The molecule has 9 heteroatoms. The Hall–Kier alpha value is -2.85. The molecular formula is C50H75NO8. The Balaban J connectivity index is 1.31. The smallest absolute Gasteiger partial charge is 0.460 e. The van der Waals surface area contributed by atoms with Crippen molar-refractivity contribution in [2.45, 2.75) is 198 Å². The Morgan fingerprint density at radius 1 is 0.712 bits per heavy atom. The minimum Gasteiger partial charge on any atom is -0.460 e. The van der Waals surface area contributed by atoms with Gasteiger partial charge in [0.25, 0.3) is 0 Å². The third kappa shape index (κ3) is 9.34. The first-order valence-electron chi connectivity index (χ1n) is 23.8. The van der Waals surface area contributed by atoms with Crippen molar-refractivity contribution in [1.82, 2.24) is 0 Å². The predicted octanol–water partition coefficient (Wildman–Crippen LogP) is 11.4. The van der Waals surface area contributed by atoms with Gasteiger partial charge in [-0.1, -0.05) is 121 Å². The van der Waals surface area contributed by atoms with Crippen LogP contribution in [0.2, 0.25) is 0 Å². The highest BCUT2D eigenvalue weighted by Crippen LogP contribution is 2.75. The zero-order valence-electron chi connectivity index (χ0n) is 36.1. The number of hydrogen-bond donors (Lipinski definition) is 4. The fourth-order valence-electron chi connectivity index (χ4n) is 13.8. The largest absolute Gasteiger partial charge is 0.514 e. The summed E-state index contributed by atoms with van der Waals surface area (Å²) in [7, 11) is 0. The minimum atomic E-state index is -1.11. The monoisotopic (exact) mass is 818 g/mol. The summed E-state index contributed by atoms with van der Waals surface area (Å²) in [5.41, 5.74) is 2.13. The van der Waals surface area contributed by atoms with Crippen molar-refractivity contribution in [3.8, 4) is 11.5 Å². The normalized spacial score (nSPS) is 24.5. The molecule has 0 aromatic heterocycles. The van der Waals surface area contributed by atoms with Gasteiger partial charge in [-0.3, -0.25) is 0 Å². The van der Waals surface area contributed by atoms with Gasteiger partial charge in [-0.15, -0.1) is 0 Å². The lowest BCUT2D eigenvalue weighted by Crippen LogP contribution is -2.69. The van der Waals surface area contributed by atoms with Crippen molar-refractivity contribution in [3.63, 3.8) is 0 Å². The van der Waals surface area contributed by atoms with Crippen LogP contribution in [0.5, 0.6) is 11.5 Å². The molecule has 2 unspecified atom stereocenters. The van der Waals surface area contributed by atoms with E-state index in [0.29, 0.717) is 16.9 Å². The van der Waals surface area contributed by atoms with Crippen LogP contribution < -0.4 is 14.8 Å². The molecule has 2 aromatic rings. The van der Waals surface area contributed by atoms with Crippen molar-refractivity contribution in [2.75, 3.05) is 18.5 Å². The third-order valence-corrected chi connectivity index (χ3v) is 16.2. The van der Waals surface area contributed by atoms with Crippen LogP contribution in [0.4, 0.5) is 10.5 Å². The number of anilines is 1. The summed E-state index contributed by atoms with van der Waals surface area (Å²) < 4.78 is 23.7. The van der Waals surface area contributed by atoms with Gasteiger partial charge in [0.1, 0.15) is 30.8 Å². The van der Waals surface area contributed by atoms with Crippen LogP contribution >= 0.6 is 0 Å². The molecule has 0 radical (unpaired) electrons. The zero-order chi connectivity index (χ0) is 41.2. The summed E-state index contributed by atoms with van der Waals surface area (Å²) >= 11 is 0. The molecule has 0 heterocycles. The molecule has 0 amide bonds. The average Bonchev–Trinajstić information content (AvgIpc) is 3.29. The van der Waals surface area contributed by atoms with Gasteiger partial charge in [0, 0.05) is 5.54 Å². The molecule has 5 fully saturated rings. The summed E-state index contributed by atoms with van der Waals surface area (Å²) in [5, 5.41) is 35.3. The molecule has 5 aliphatic carbocycles. The van der Waals surface area contributed by atoms with Crippen LogP contribution in [-0.4, -0.2) is 58.7 Å². The Bertz CT molecular complexity index is 1580. The maximum Gasteiger partial charge on any atom is 0.514 e. The van der Waals surface area contributed by atoms with E-state index in [-0.39, 0.29) is 23.0 Å². The number of benzene rings is 2.